The normalized spacial score (nSPS) is 13.8. The Hall–Kier alpha value is -9.76. The number of allylic oxidation sites excluding steroid dienone is 3. The van der Waals surface area contributed by atoms with Crippen molar-refractivity contribution in [2.45, 2.75) is 47.1 Å². The minimum absolute atomic E-state index is 0.929. The van der Waals surface area contributed by atoms with Gasteiger partial charge >= 0.3 is 0 Å². The van der Waals surface area contributed by atoms with Crippen LogP contribution in [0.15, 0.2) is 336 Å². The zero-order chi connectivity index (χ0) is 53.9. The third-order valence-corrected chi connectivity index (χ3v) is 25.3. The van der Waals surface area contributed by atoms with Crippen LogP contribution < -0.4 is 5.22 Å². The van der Waals surface area contributed by atoms with E-state index in [1.807, 2.05) is 6.08 Å². The summed E-state index contributed by atoms with van der Waals surface area (Å²) in [6, 6.07) is 101. The SMILES string of the molecule is C1=C=CC(S(c2ccccc2)(c2ccccc2)c2cccc(-c3c4c5c6c(c7ccccc7n6c4c(-c4cccc(S(c6ccccc6)(c6ccccc6)c6ccccc6)c4)c4c6cccc7c8ccccc8n(c34)c76)=CCC5)c2)=CC=1. The van der Waals surface area contributed by atoms with Gasteiger partial charge in [-0.3, -0.25) is 0 Å². The molecule has 2 nitrogen and oxygen atoms in total. The molecule has 82 heavy (non-hydrogen) atoms. The molecule has 0 aliphatic heterocycles. The van der Waals surface area contributed by atoms with Crippen molar-refractivity contribution in [2.75, 3.05) is 0 Å². The van der Waals surface area contributed by atoms with Gasteiger partial charge in [-0.15, -0.1) is 20.1 Å². The molecule has 4 heteroatoms. The first-order valence-electron chi connectivity index (χ1n) is 28.4. The molecule has 11 aromatic carbocycles. The lowest BCUT2D eigenvalue weighted by Gasteiger charge is -2.42. The molecule has 0 saturated carbocycles. The fourth-order valence-corrected chi connectivity index (χ4v) is 22.2. The van der Waals surface area contributed by atoms with Crippen molar-refractivity contribution in [2.24, 2.45) is 0 Å². The zero-order valence-corrected chi connectivity index (χ0v) is 46.5. The van der Waals surface area contributed by atoms with E-state index in [0.29, 0.717) is 0 Å². The number of rotatable bonds is 10. The first-order chi connectivity index (χ1) is 40.7. The van der Waals surface area contributed by atoms with Crippen LogP contribution in [0.1, 0.15) is 12.0 Å². The number of benzene rings is 11. The minimum Gasteiger partial charge on any atom is -0.308 e. The van der Waals surface area contributed by atoms with Crippen LogP contribution in [0.3, 0.4) is 0 Å². The number of hydrogen-bond donors (Lipinski definition) is 0. The van der Waals surface area contributed by atoms with Crippen LogP contribution in [0.2, 0.25) is 0 Å². The van der Waals surface area contributed by atoms with Gasteiger partial charge in [0.2, 0.25) is 0 Å². The second kappa shape index (κ2) is 18.4. The van der Waals surface area contributed by atoms with Gasteiger partial charge in [0.1, 0.15) is 0 Å². The summed E-state index contributed by atoms with van der Waals surface area (Å²) < 4.78 is 5.36. The third kappa shape index (κ3) is 6.46. The van der Waals surface area contributed by atoms with Crippen molar-refractivity contribution < 1.29 is 0 Å². The molecule has 17 rings (SSSR count). The molecule has 386 valence electrons. The topological polar surface area (TPSA) is 8.82 Å². The van der Waals surface area contributed by atoms with E-state index in [1.165, 1.54) is 138 Å². The Kier molecular flexibility index (Phi) is 10.6. The predicted octanol–water partition coefficient (Wildman–Crippen LogP) is 20.6. The number of aromatic nitrogens is 2. The van der Waals surface area contributed by atoms with Crippen LogP contribution in [-0.2, 0) is 6.42 Å². The summed E-state index contributed by atoms with van der Waals surface area (Å²) in [4.78, 5) is 10.3. The summed E-state index contributed by atoms with van der Waals surface area (Å²) in [5, 5.41) is 9.05. The molecule has 2 aliphatic rings. The van der Waals surface area contributed by atoms with E-state index in [-0.39, 0.29) is 0 Å². The number of para-hydroxylation sites is 3. The van der Waals surface area contributed by atoms with Crippen molar-refractivity contribution in [1.82, 2.24) is 8.80 Å². The molecule has 0 bridgehead atoms. The maximum atomic E-state index is 3.42. The highest BCUT2D eigenvalue weighted by atomic mass is 32.3. The Bertz CT molecular complexity index is 5140. The molecule has 0 amide bonds. The fourth-order valence-electron chi connectivity index (χ4n) is 14.4. The molecule has 15 aromatic rings. The Balaban J connectivity index is 1.08. The lowest BCUT2D eigenvalue weighted by atomic mass is 9.87. The molecule has 4 aromatic heterocycles. The second-order valence-corrected chi connectivity index (χ2v) is 27.8. The van der Waals surface area contributed by atoms with Gasteiger partial charge in [0.15, 0.2) is 0 Å². The summed E-state index contributed by atoms with van der Waals surface area (Å²) >= 11 is 0. The van der Waals surface area contributed by atoms with Crippen LogP contribution in [0.4, 0.5) is 0 Å². The van der Waals surface area contributed by atoms with E-state index in [2.05, 4.69) is 305 Å². The molecular weight excluding hydrogens is 1030 g/mol. The molecule has 0 N–H and O–H groups in total. The van der Waals surface area contributed by atoms with Crippen LogP contribution in [0.5, 0.6) is 0 Å². The van der Waals surface area contributed by atoms with Crippen molar-refractivity contribution in [3.63, 3.8) is 0 Å². The van der Waals surface area contributed by atoms with Gasteiger partial charge in [-0.25, -0.2) is 0 Å². The summed E-state index contributed by atoms with van der Waals surface area (Å²) in [7, 11) is -4.13. The molecule has 0 radical (unpaired) electrons. The van der Waals surface area contributed by atoms with Crippen LogP contribution in [0, 0.1) is 0 Å². The number of nitrogens with zero attached hydrogens (tertiary/aromatic N) is 2. The maximum Gasteiger partial charge on any atom is 0.0633 e. The van der Waals surface area contributed by atoms with E-state index in [9.17, 15) is 0 Å². The van der Waals surface area contributed by atoms with E-state index in [4.69, 9.17) is 0 Å². The van der Waals surface area contributed by atoms with E-state index < -0.39 is 20.1 Å². The highest BCUT2D eigenvalue weighted by Crippen LogP contribution is 2.75. The molecular formula is C78H52N2S2. The lowest BCUT2D eigenvalue weighted by molar-refractivity contribution is 1.05. The number of hydrogen-bond acceptors (Lipinski definition) is 0. The van der Waals surface area contributed by atoms with E-state index >= 15 is 0 Å². The second-order valence-electron chi connectivity index (χ2n) is 21.6. The molecule has 4 heterocycles. The average molecular weight is 1080 g/mol. The third-order valence-electron chi connectivity index (χ3n) is 17.5. The average Bonchev–Trinajstić information content (AvgIpc) is 3.34. The smallest absolute Gasteiger partial charge is 0.0633 e. The van der Waals surface area contributed by atoms with Crippen LogP contribution in [0.25, 0.3) is 93.7 Å². The monoisotopic (exact) mass is 1080 g/mol. The minimum atomic E-state index is -2.09. The highest BCUT2D eigenvalue weighted by Gasteiger charge is 2.38. The van der Waals surface area contributed by atoms with E-state index in [0.717, 1.165) is 12.8 Å². The van der Waals surface area contributed by atoms with Gasteiger partial charge in [0, 0.05) is 93.9 Å². The van der Waals surface area contributed by atoms with Crippen molar-refractivity contribution in [3.05, 3.63) is 312 Å². The molecule has 0 atom stereocenters. The van der Waals surface area contributed by atoms with E-state index in [1.54, 1.807) is 0 Å². The summed E-state index contributed by atoms with van der Waals surface area (Å²) in [5.41, 5.74) is 20.6. The Morgan fingerprint density at radius 3 is 1.35 bits per heavy atom. The summed E-state index contributed by atoms with van der Waals surface area (Å²) in [6.45, 7) is 0. The van der Waals surface area contributed by atoms with Crippen LogP contribution >= 0.6 is 20.1 Å². The van der Waals surface area contributed by atoms with Gasteiger partial charge in [0.25, 0.3) is 0 Å². The number of aryl methyl sites for hydroxylation is 1. The lowest BCUT2D eigenvalue weighted by Crippen LogP contribution is -2.07. The van der Waals surface area contributed by atoms with Gasteiger partial charge < -0.3 is 8.80 Å². The quantitative estimate of drug-likeness (QED) is 0.121. The van der Waals surface area contributed by atoms with Gasteiger partial charge in [0.05, 0.1) is 33.1 Å². The van der Waals surface area contributed by atoms with Crippen molar-refractivity contribution >= 4 is 91.5 Å². The van der Waals surface area contributed by atoms with Gasteiger partial charge in [-0.2, -0.15) is 0 Å². The van der Waals surface area contributed by atoms with Gasteiger partial charge in [-0.05, 0) is 139 Å². The number of fused-ring (bicyclic) bond motifs is 12. The largest absolute Gasteiger partial charge is 0.308 e. The summed E-state index contributed by atoms with van der Waals surface area (Å²) in [6.07, 6.45) is 10.9. The summed E-state index contributed by atoms with van der Waals surface area (Å²) in [5.74, 6) is 0. The first kappa shape index (κ1) is 47.1. The molecule has 0 saturated heterocycles. The Labute approximate surface area is 478 Å². The fraction of sp³-hybridized carbons (Fsp3) is 0.0256. The Morgan fingerprint density at radius 2 is 0.780 bits per heavy atom. The predicted molar refractivity (Wildman–Crippen MR) is 345 cm³/mol. The van der Waals surface area contributed by atoms with Crippen molar-refractivity contribution in [3.8, 4) is 22.3 Å². The standard InChI is InChI=1S/C78H52N2S2/c1-7-29-55(30-8-1)81(56-31-9-2-10-32-56,57-33-11-3-12-34-57)61-41-23-27-53(51-61)71-73-67-47-25-45-65-64-44-20-22-50-70(64)80(75(65)67)78(73)72(74-68-48-26-46-66-63-43-19-21-49-69(63)79(76(66)68)77(71)74)54-28-24-42-62(52-54)82(58-35-13-4-14-36-58,59-37-15-5-16-38-59)60-39-17-6-18-40-60/h1-5,7-17,19-25,27-47,49-52H,26,48H2. The Morgan fingerprint density at radius 1 is 0.341 bits per heavy atom. The molecule has 0 spiro atoms. The zero-order valence-electron chi connectivity index (χ0n) is 44.8. The molecule has 2 aliphatic carbocycles. The maximum absolute atomic E-state index is 3.42. The van der Waals surface area contributed by atoms with Gasteiger partial charge in [-0.1, -0.05) is 187 Å². The molecule has 0 fully saturated rings. The molecule has 0 unspecified atom stereocenters. The van der Waals surface area contributed by atoms with Crippen LogP contribution in [-0.4, -0.2) is 8.80 Å². The highest BCUT2D eigenvalue weighted by molar-refractivity contribution is 8.37. The first-order valence-corrected chi connectivity index (χ1v) is 31.6. The van der Waals surface area contributed by atoms with Crippen molar-refractivity contribution in [1.29, 1.82) is 0 Å².